The van der Waals surface area contributed by atoms with Crippen LogP contribution in [0.3, 0.4) is 0 Å². The Kier molecular flexibility index (Phi) is 5.38. The average Bonchev–Trinajstić information content (AvgIpc) is 2.74. The molecule has 1 saturated heterocycles. The number of morpholine rings is 1. The fourth-order valence-corrected chi connectivity index (χ4v) is 3.46. The van der Waals surface area contributed by atoms with Gasteiger partial charge in [-0.1, -0.05) is 12.1 Å². The maximum Gasteiger partial charge on any atom is 0.573 e. The first-order valence-corrected chi connectivity index (χ1v) is 9.22. The number of aromatic nitrogens is 2. The number of benzene rings is 2. The highest BCUT2D eigenvalue weighted by molar-refractivity contribution is 5.92. The number of halogens is 3. The Labute approximate surface area is 172 Å². The minimum atomic E-state index is -4.84. The molecule has 31 heavy (non-hydrogen) atoms. The number of aromatic carboxylic acids is 1. The molecule has 0 aliphatic carbocycles. The maximum atomic E-state index is 13.0. The third-order valence-corrected chi connectivity index (χ3v) is 4.74. The van der Waals surface area contributed by atoms with Crippen molar-refractivity contribution in [2.24, 2.45) is 0 Å². The minimum absolute atomic E-state index is 0.124. The van der Waals surface area contributed by atoms with Crippen LogP contribution in [0, 0.1) is 0 Å². The van der Waals surface area contributed by atoms with Crippen molar-refractivity contribution in [3.8, 4) is 11.4 Å². The van der Waals surface area contributed by atoms with Gasteiger partial charge in [0, 0.05) is 13.1 Å². The second kappa shape index (κ2) is 8.00. The molecule has 1 aliphatic rings. The van der Waals surface area contributed by atoms with Crippen molar-refractivity contribution in [2.45, 2.75) is 12.5 Å². The molecular weight excluding hydrogens is 419 g/mol. The van der Waals surface area contributed by atoms with Crippen molar-refractivity contribution < 1.29 is 32.5 Å². The summed E-state index contributed by atoms with van der Waals surface area (Å²) in [5.74, 6) is -1.96. The van der Waals surface area contributed by atoms with Crippen LogP contribution < -0.4 is 15.5 Å². The Bertz CT molecular complexity index is 1190. The predicted octanol–water partition coefficient (Wildman–Crippen LogP) is 2.64. The fourth-order valence-electron chi connectivity index (χ4n) is 3.46. The van der Waals surface area contributed by atoms with E-state index in [2.05, 4.69) is 15.2 Å². The van der Waals surface area contributed by atoms with Gasteiger partial charge in [-0.2, -0.15) is 5.10 Å². The number of alkyl halides is 3. The largest absolute Gasteiger partial charge is 0.573 e. The summed E-state index contributed by atoms with van der Waals surface area (Å²) in [4.78, 5) is 24.6. The van der Waals surface area contributed by atoms with Crippen LogP contribution >= 0.6 is 0 Å². The van der Waals surface area contributed by atoms with E-state index in [9.17, 15) is 27.9 Å². The van der Waals surface area contributed by atoms with Crippen molar-refractivity contribution in [3.63, 3.8) is 0 Å². The standard InChI is InChI=1S/C20H16F3N3O5/c21-20(22,23)31-12-6-4-11(5-7-12)26-14-3-1-2-13(15-10-24-8-9-30-15)16(14)18(27)17(25-26)19(28)29/h1-7,15,24H,8-10H2,(H,28,29). The van der Waals surface area contributed by atoms with E-state index < -0.39 is 35.3 Å². The van der Waals surface area contributed by atoms with Crippen LogP contribution in [0.25, 0.3) is 16.6 Å². The summed E-state index contributed by atoms with van der Waals surface area (Å²) in [5, 5.41) is 16.7. The van der Waals surface area contributed by atoms with Crippen molar-refractivity contribution in [3.05, 3.63) is 63.9 Å². The van der Waals surface area contributed by atoms with E-state index >= 15 is 0 Å². The summed E-state index contributed by atoms with van der Waals surface area (Å²) < 4.78 is 48.1. The monoisotopic (exact) mass is 435 g/mol. The van der Waals surface area contributed by atoms with Gasteiger partial charge in [0.15, 0.2) is 0 Å². The summed E-state index contributed by atoms with van der Waals surface area (Å²) in [6, 6.07) is 9.66. The van der Waals surface area contributed by atoms with E-state index in [4.69, 9.17) is 4.74 Å². The Balaban J connectivity index is 1.90. The van der Waals surface area contributed by atoms with Gasteiger partial charge in [0.2, 0.25) is 11.1 Å². The molecule has 2 N–H and O–H groups in total. The highest BCUT2D eigenvalue weighted by Gasteiger charge is 2.31. The lowest BCUT2D eigenvalue weighted by Gasteiger charge is -2.25. The molecule has 1 aromatic heterocycles. The third-order valence-electron chi connectivity index (χ3n) is 4.74. The summed E-state index contributed by atoms with van der Waals surface area (Å²) in [5.41, 5.74) is -0.418. The van der Waals surface area contributed by atoms with E-state index in [-0.39, 0.29) is 11.1 Å². The Morgan fingerprint density at radius 2 is 1.97 bits per heavy atom. The third kappa shape index (κ3) is 4.23. The molecule has 1 unspecified atom stereocenters. The quantitative estimate of drug-likeness (QED) is 0.650. The number of fused-ring (bicyclic) bond motifs is 1. The molecule has 11 heteroatoms. The number of ether oxygens (including phenoxy) is 2. The second-order valence-electron chi connectivity index (χ2n) is 6.74. The first-order valence-electron chi connectivity index (χ1n) is 9.22. The van der Waals surface area contributed by atoms with E-state index in [1.807, 2.05) is 0 Å². The molecule has 0 radical (unpaired) electrons. The zero-order chi connectivity index (χ0) is 22.2. The van der Waals surface area contributed by atoms with Crippen molar-refractivity contribution in [2.75, 3.05) is 19.7 Å². The van der Waals surface area contributed by atoms with Crippen molar-refractivity contribution in [1.29, 1.82) is 0 Å². The number of carbonyl (C=O) groups is 1. The molecule has 0 bridgehead atoms. The molecule has 1 fully saturated rings. The highest BCUT2D eigenvalue weighted by Crippen LogP contribution is 2.28. The fraction of sp³-hybridized carbons (Fsp3) is 0.250. The molecule has 2 heterocycles. The topological polar surface area (TPSA) is 103 Å². The zero-order valence-corrected chi connectivity index (χ0v) is 15.8. The normalized spacial score (nSPS) is 16.9. The summed E-state index contributed by atoms with van der Waals surface area (Å²) >= 11 is 0. The summed E-state index contributed by atoms with van der Waals surface area (Å²) in [6.07, 6.45) is -5.31. The van der Waals surface area contributed by atoms with Crippen LogP contribution in [0.15, 0.2) is 47.3 Å². The minimum Gasteiger partial charge on any atom is -0.476 e. The summed E-state index contributed by atoms with van der Waals surface area (Å²) in [6.45, 7) is 1.51. The van der Waals surface area contributed by atoms with Crippen LogP contribution in [-0.4, -0.2) is 46.9 Å². The van der Waals surface area contributed by atoms with Crippen LogP contribution in [0.1, 0.15) is 22.2 Å². The number of carboxylic acid groups (broad SMARTS) is 1. The molecule has 162 valence electrons. The van der Waals surface area contributed by atoms with Gasteiger partial charge in [0.25, 0.3) is 0 Å². The van der Waals surface area contributed by atoms with Gasteiger partial charge in [-0.15, -0.1) is 13.2 Å². The predicted molar refractivity (Wildman–Crippen MR) is 103 cm³/mol. The second-order valence-corrected chi connectivity index (χ2v) is 6.74. The molecule has 0 amide bonds. The summed E-state index contributed by atoms with van der Waals surface area (Å²) in [7, 11) is 0. The molecular formula is C20H16F3N3O5. The first kappa shape index (κ1) is 20.8. The number of carboxylic acids is 1. The lowest BCUT2D eigenvalue weighted by molar-refractivity contribution is -0.274. The first-order chi connectivity index (χ1) is 14.7. The SMILES string of the molecule is O=C(O)c1nn(-c2ccc(OC(F)(F)F)cc2)c2cccc(C3CNCCO3)c2c1=O. The molecule has 0 spiro atoms. The molecule has 1 aliphatic heterocycles. The Hall–Kier alpha value is -3.44. The van der Waals surface area contributed by atoms with Crippen molar-refractivity contribution in [1.82, 2.24) is 15.1 Å². The Morgan fingerprint density at radius 1 is 1.23 bits per heavy atom. The van der Waals surface area contributed by atoms with Gasteiger partial charge in [-0.3, -0.25) is 4.79 Å². The van der Waals surface area contributed by atoms with Gasteiger partial charge in [-0.05, 0) is 35.9 Å². The molecule has 1 atom stereocenters. The number of hydrogen-bond acceptors (Lipinski definition) is 6. The van der Waals surface area contributed by atoms with E-state index in [1.54, 1.807) is 18.2 Å². The highest BCUT2D eigenvalue weighted by atomic mass is 19.4. The van der Waals surface area contributed by atoms with Crippen LogP contribution in [0.4, 0.5) is 13.2 Å². The lowest BCUT2D eigenvalue weighted by Crippen LogP contribution is -2.34. The van der Waals surface area contributed by atoms with Gasteiger partial charge in [0.05, 0.1) is 29.3 Å². The van der Waals surface area contributed by atoms with Crippen molar-refractivity contribution >= 4 is 16.9 Å². The molecule has 4 rings (SSSR count). The van der Waals surface area contributed by atoms with Gasteiger partial charge >= 0.3 is 12.3 Å². The number of rotatable bonds is 4. The van der Waals surface area contributed by atoms with Gasteiger partial charge < -0.3 is 19.9 Å². The van der Waals surface area contributed by atoms with E-state index in [0.29, 0.717) is 30.8 Å². The molecule has 3 aromatic rings. The molecule has 8 nitrogen and oxygen atoms in total. The van der Waals surface area contributed by atoms with Gasteiger partial charge in [0.1, 0.15) is 5.75 Å². The van der Waals surface area contributed by atoms with E-state index in [0.717, 1.165) is 12.1 Å². The van der Waals surface area contributed by atoms with Crippen LogP contribution in [0.2, 0.25) is 0 Å². The average molecular weight is 435 g/mol. The number of hydrogen-bond donors (Lipinski definition) is 2. The molecule has 0 saturated carbocycles. The zero-order valence-electron chi connectivity index (χ0n) is 15.8. The number of nitrogens with one attached hydrogen (secondary N) is 1. The van der Waals surface area contributed by atoms with E-state index in [1.165, 1.54) is 16.8 Å². The molecule has 2 aromatic carbocycles. The smallest absolute Gasteiger partial charge is 0.476 e. The lowest BCUT2D eigenvalue weighted by atomic mass is 10.0. The van der Waals surface area contributed by atoms with Crippen LogP contribution in [0.5, 0.6) is 5.75 Å². The van der Waals surface area contributed by atoms with Crippen LogP contribution in [-0.2, 0) is 4.74 Å². The Morgan fingerprint density at radius 3 is 2.58 bits per heavy atom. The maximum absolute atomic E-state index is 13.0. The number of nitrogens with zero attached hydrogens (tertiary/aromatic N) is 2. The van der Waals surface area contributed by atoms with Gasteiger partial charge in [-0.25, -0.2) is 9.48 Å².